The third kappa shape index (κ3) is 2.91. The number of hydrogen-bond acceptors (Lipinski definition) is 4. The molecule has 21 heavy (non-hydrogen) atoms. The average Bonchev–Trinajstić information content (AvgIpc) is 2.52. The van der Waals surface area contributed by atoms with Gasteiger partial charge in [-0.25, -0.2) is 0 Å². The predicted molar refractivity (Wildman–Crippen MR) is 78.1 cm³/mol. The molecule has 0 atom stereocenters. The van der Waals surface area contributed by atoms with Gasteiger partial charge in [-0.2, -0.15) is 5.10 Å². The lowest BCUT2D eigenvalue weighted by Gasteiger charge is -2.10. The molecule has 0 unspecified atom stereocenters. The van der Waals surface area contributed by atoms with Crippen molar-refractivity contribution in [2.45, 2.75) is 13.5 Å². The average molecular weight is 288 g/mol. The molecule has 1 aromatic carbocycles. The highest BCUT2D eigenvalue weighted by molar-refractivity contribution is 5.97. The lowest BCUT2D eigenvalue weighted by Crippen LogP contribution is -2.38. The topological polar surface area (TPSA) is 93.1 Å². The van der Waals surface area contributed by atoms with Gasteiger partial charge in [-0.05, 0) is 19.1 Å². The Kier molecular flexibility index (Phi) is 4.32. The second-order valence-corrected chi connectivity index (χ2v) is 4.37. The zero-order valence-corrected chi connectivity index (χ0v) is 11.8. The molecule has 0 spiro atoms. The number of nitrogens with zero attached hydrogens (tertiary/aromatic N) is 2. The number of hydrogen-bond donors (Lipinski definition) is 2. The van der Waals surface area contributed by atoms with Crippen LogP contribution in [-0.4, -0.2) is 35.2 Å². The van der Waals surface area contributed by atoms with Crippen LogP contribution in [0.1, 0.15) is 17.4 Å². The molecule has 2 rings (SSSR count). The molecule has 0 radical (unpaired) electrons. The Morgan fingerprint density at radius 2 is 2.00 bits per heavy atom. The molecule has 2 aromatic rings. The van der Waals surface area contributed by atoms with Gasteiger partial charge in [0.1, 0.15) is 0 Å². The van der Waals surface area contributed by atoms with Crippen LogP contribution in [0.15, 0.2) is 29.1 Å². The van der Waals surface area contributed by atoms with Crippen LogP contribution in [0.3, 0.4) is 0 Å². The van der Waals surface area contributed by atoms with Gasteiger partial charge in [-0.15, -0.1) is 0 Å². The fraction of sp³-hybridized carbons (Fsp3) is 0.286. The van der Waals surface area contributed by atoms with Crippen molar-refractivity contribution in [1.29, 1.82) is 0 Å². The van der Waals surface area contributed by atoms with Crippen molar-refractivity contribution in [2.75, 3.05) is 13.6 Å². The molecule has 110 valence electrons. The zero-order chi connectivity index (χ0) is 15.4. The quantitative estimate of drug-likeness (QED) is 0.821. The molecule has 0 bridgehead atoms. The van der Waals surface area contributed by atoms with E-state index >= 15 is 0 Å². The summed E-state index contributed by atoms with van der Waals surface area (Å²) in [4.78, 5) is 35.5. The molecular formula is C14H16N4O3. The molecular weight excluding hydrogens is 272 g/mol. The van der Waals surface area contributed by atoms with Crippen LogP contribution in [0.4, 0.5) is 0 Å². The van der Waals surface area contributed by atoms with E-state index in [9.17, 15) is 14.4 Å². The summed E-state index contributed by atoms with van der Waals surface area (Å²) in [6.45, 7) is 2.20. The molecule has 1 aromatic heterocycles. The molecule has 2 N–H and O–H groups in total. The van der Waals surface area contributed by atoms with Gasteiger partial charge in [0.15, 0.2) is 5.69 Å². The van der Waals surface area contributed by atoms with Gasteiger partial charge < -0.3 is 10.6 Å². The van der Waals surface area contributed by atoms with Gasteiger partial charge in [0.05, 0.1) is 12.1 Å². The van der Waals surface area contributed by atoms with E-state index in [1.807, 2.05) is 6.92 Å². The Morgan fingerprint density at radius 1 is 1.29 bits per heavy atom. The maximum absolute atomic E-state index is 12.3. The van der Waals surface area contributed by atoms with Crippen molar-refractivity contribution < 1.29 is 9.59 Å². The Balaban J connectivity index is 2.45. The van der Waals surface area contributed by atoms with Crippen LogP contribution < -0.4 is 16.1 Å². The van der Waals surface area contributed by atoms with Crippen molar-refractivity contribution in [3.8, 4) is 0 Å². The zero-order valence-electron chi connectivity index (χ0n) is 11.8. The molecule has 0 saturated carbocycles. The fourth-order valence-corrected chi connectivity index (χ4v) is 1.96. The number of benzene rings is 1. The van der Waals surface area contributed by atoms with E-state index < -0.39 is 11.3 Å². The summed E-state index contributed by atoms with van der Waals surface area (Å²) in [6, 6.07) is 6.97. The molecule has 2 amide bonds. The Labute approximate surface area is 121 Å². The van der Waals surface area contributed by atoms with Gasteiger partial charge >= 0.3 is 0 Å². The van der Waals surface area contributed by atoms with E-state index in [1.54, 1.807) is 28.9 Å². The van der Waals surface area contributed by atoms with Crippen molar-refractivity contribution in [1.82, 2.24) is 20.4 Å². The van der Waals surface area contributed by atoms with Crippen molar-refractivity contribution in [2.24, 2.45) is 0 Å². The van der Waals surface area contributed by atoms with Crippen molar-refractivity contribution >= 4 is 22.7 Å². The number of rotatable bonds is 4. The number of nitrogens with one attached hydrogen (secondary N) is 2. The molecule has 0 saturated heterocycles. The van der Waals surface area contributed by atoms with Crippen LogP contribution in [-0.2, 0) is 11.3 Å². The normalized spacial score (nSPS) is 10.4. The highest BCUT2D eigenvalue weighted by Gasteiger charge is 2.17. The Hall–Kier alpha value is -2.70. The number of para-hydroxylation sites is 1. The molecule has 0 aliphatic rings. The first-order valence-electron chi connectivity index (χ1n) is 6.57. The van der Waals surface area contributed by atoms with E-state index in [2.05, 4.69) is 15.7 Å². The van der Waals surface area contributed by atoms with Crippen molar-refractivity contribution in [3.63, 3.8) is 0 Å². The van der Waals surface area contributed by atoms with Gasteiger partial charge in [-0.3, -0.25) is 19.1 Å². The van der Waals surface area contributed by atoms with Crippen LogP contribution in [0.5, 0.6) is 0 Å². The first-order valence-corrected chi connectivity index (χ1v) is 6.57. The summed E-state index contributed by atoms with van der Waals surface area (Å²) in [5.41, 5.74) is 0.0250. The smallest absolute Gasteiger partial charge is 0.276 e. The minimum Gasteiger partial charge on any atom is -0.358 e. The third-order valence-corrected chi connectivity index (χ3v) is 3.07. The van der Waals surface area contributed by atoms with Gasteiger partial charge in [-0.1, -0.05) is 12.1 Å². The number of carbonyl (C=O) groups is 2. The number of aromatic nitrogens is 2. The molecule has 7 heteroatoms. The lowest BCUT2D eigenvalue weighted by molar-refractivity contribution is -0.119. The minimum absolute atomic E-state index is 0.199. The maximum atomic E-state index is 12.3. The number of likely N-dealkylation sites (N-methyl/N-ethyl adjacent to an activating group) is 1. The van der Waals surface area contributed by atoms with E-state index in [0.29, 0.717) is 17.4 Å². The number of aryl methyl sites for hydroxylation is 1. The summed E-state index contributed by atoms with van der Waals surface area (Å²) in [5.74, 6) is -1.00. The molecule has 1 heterocycles. The largest absolute Gasteiger partial charge is 0.358 e. The molecule has 0 fully saturated rings. The summed E-state index contributed by atoms with van der Waals surface area (Å²) in [6.07, 6.45) is 0. The fourth-order valence-electron chi connectivity index (χ4n) is 1.96. The van der Waals surface area contributed by atoms with Crippen LogP contribution in [0.2, 0.25) is 0 Å². The van der Waals surface area contributed by atoms with Crippen LogP contribution >= 0.6 is 0 Å². The van der Waals surface area contributed by atoms with Crippen LogP contribution in [0, 0.1) is 0 Å². The summed E-state index contributed by atoms with van der Waals surface area (Å²) < 4.78 is 1.59. The SMILES string of the molecule is CCn1nc(C(=O)NCC(=O)NC)c(=O)c2ccccc21. The van der Waals surface area contributed by atoms with Crippen LogP contribution in [0.25, 0.3) is 10.9 Å². The summed E-state index contributed by atoms with van der Waals surface area (Å²) in [7, 11) is 1.47. The van der Waals surface area contributed by atoms with Gasteiger partial charge in [0.2, 0.25) is 11.3 Å². The van der Waals surface area contributed by atoms with Gasteiger partial charge in [0, 0.05) is 19.0 Å². The number of carbonyl (C=O) groups excluding carboxylic acids is 2. The van der Waals surface area contributed by atoms with E-state index in [1.165, 1.54) is 7.05 Å². The van der Waals surface area contributed by atoms with Crippen molar-refractivity contribution in [3.05, 3.63) is 40.2 Å². The molecule has 0 aliphatic heterocycles. The highest BCUT2D eigenvalue weighted by Crippen LogP contribution is 2.09. The second kappa shape index (κ2) is 6.17. The standard InChI is InChI=1S/C14H16N4O3/c1-3-18-10-7-5-4-6-9(10)13(20)12(17-18)14(21)16-8-11(19)15-2/h4-7H,3,8H2,1-2H3,(H,15,19)(H,16,21). The summed E-state index contributed by atoms with van der Waals surface area (Å²) in [5, 5.41) is 9.27. The number of amides is 2. The van der Waals surface area contributed by atoms with E-state index in [0.717, 1.165) is 0 Å². The Morgan fingerprint density at radius 3 is 2.67 bits per heavy atom. The summed E-state index contributed by atoms with van der Waals surface area (Å²) >= 11 is 0. The Bertz CT molecular complexity index is 751. The molecule has 7 nitrogen and oxygen atoms in total. The van der Waals surface area contributed by atoms with E-state index in [-0.39, 0.29) is 18.1 Å². The molecule has 0 aliphatic carbocycles. The number of fused-ring (bicyclic) bond motifs is 1. The maximum Gasteiger partial charge on any atom is 0.276 e. The predicted octanol–water partition coefficient (Wildman–Crippen LogP) is -0.108. The second-order valence-electron chi connectivity index (χ2n) is 4.37. The highest BCUT2D eigenvalue weighted by atomic mass is 16.2. The lowest BCUT2D eigenvalue weighted by atomic mass is 10.2. The first kappa shape index (κ1) is 14.7. The first-order chi connectivity index (χ1) is 10.1. The monoisotopic (exact) mass is 288 g/mol. The van der Waals surface area contributed by atoms with Gasteiger partial charge in [0.25, 0.3) is 5.91 Å². The van der Waals surface area contributed by atoms with E-state index in [4.69, 9.17) is 0 Å². The third-order valence-electron chi connectivity index (χ3n) is 3.07. The minimum atomic E-state index is -0.656.